The number of hydrogen-bond acceptors (Lipinski definition) is 3. The van der Waals surface area contributed by atoms with E-state index in [1.54, 1.807) is 0 Å². The van der Waals surface area contributed by atoms with Crippen LogP contribution in [0.4, 0.5) is 0 Å². The van der Waals surface area contributed by atoms with E-state index in [4.69, 9.17) is 14.4 Å². The minimum absolute atomic E-state index is 0.109. The molecule has 62 heavy (non-hydrogen) atoms. The predicted molar refractivity (Wildman–Crippen MR) is 257 cm³/mol. The fourth-order valence-corrected chi connectivity index (χ4v) is 10.9. The molecule has 0 saturated carbocycles. The number of hydrogen-bond donors (Lipinski definition) is 0. The van der Waals surface area contributed by atoms with Crippen LogP contribution in [-0.2, 0) is 5.41 Å². The summed E-state index contributed by atoms with van der Waals surface area (Å²) in [6.07, 6.45) is 12.9. The van der Waals surface area contributed by atoms with Crippen molar-refractivity contribution < 1.29 is 4.42 Å². The molecule has 3 aromatic heterocycles. The summed E-state index contributed by atoms with van der Waals surface area (Å²) in [7, 11) is 0. The van der Waals surface area contributed by atoms with Gasteiger partial charge in [-0.25, -0.2) is 0 Å². The number of pyridine rings is 2. The summed E-state index contributed by atoms with van der Waals surface area (Å²) in [5, 5.41) is 9.31. The van der Waals surface area contributed by atoms with Crippen molar-refractivity contribution in [2.45, 2.75) is 12.3 Å². The maximum absolute atomic E-state index is 7.01. The predicted octanol–water partition coefficient (Wildman–Crippen LogP) is 15.2. The second-order valence-corrected chi connectivity index (χ2v) is 17.0. The first-order valence-corrected chi connectivity index (χ1v) is 21.4. The van der Waals surface area contributed by atoms with E-state index in [0.717, 1.165) is 54.9 Å². The molecule has 11 aromatic rings. The van der Waals surface area contributed by atoms with Crippen molar-refractivity contribution in [1.82, 2.24) is 9.97 Å². The summed E-state index contributed by atoms with van der Waals surface area (Å²) in [6.45, 7) is 2.43. The smallest absolute Gasteiger partial charge is 0.143 e. The van der Waals surface area contributed by atoms with Gasteiger partial charge in [0.15, 0.2) is 0 Å². The first kappa shape index (κ1) is 34.9. The summed E-state index contributed by atoms with van der Waals surface area (Å²) in [6, 6.07) is 61.8. The van der Waals surface area contributed by atoms with Gasteiger partial charge in [-0.05, 0) is 102 Å². The van der Waals surface area contributed by atoms with E-state index in [1.165, 1.54) is 66.1 Å². The van der Waals surface area contributed by atoms with Crippen molar-refractivity contribution in [3.8, 4) is 22.3 Å². The maximum Gasteiger partial charge on any atom is 0.143 e. The molecule has 0 bridgehead atoms. The Kier molecular flexibility index (Phi) is 7.50. The molecule has 2 unspecified atom stereocenters. The largest absolute Gasteiger partial charge is 0.455 e. The molecule has 290 valence electrons. The fraction of sp³-hybridized carbons (Fsp3) is 0.0508. The van der Waals surface area contributed by atoms with Gasteiger partial charge in [0.2, 0.25) is 0 Å². The van der Waals surface area contributed by atoms with Crippen LogP contribution in [0.25, 0.3) is 93.1 Å². The molecule has 0 aliphatic heterocycles. The molecule has 13 rings (SSSR count). The van der Waals surface area contributed by atoms with Crippen LogP contribution in [0.5, 0.6) is 0 Å². The molecule has 2 aliphatic rings. The van der Waals surface area contributed by atoms with Gasteiger partial charge in [0, 0.05) is 56.4 Å². The Morgan fingerprint density at radius 3 is 1.87 bits per heavy atom. The van der Waals surface area contributed by atoms with Crippen molar-refractivity contribution in [2.24, 2.45) is 5.92 Å². The molecule has 2 atom stereocenters. The lowest BCUT2D eigenvalue weighted by molar-refractivity contribution is 0.463. The molecule has 0 amide bonds. The highest BCUT2D eigenvalue weighted by atomic mass is 16.3. The number of furan rings is 1. The van der Waals surface area contributed by atoms with Crippen LogP contribution >= 0.6 is 0 Å². The van der Waals surface area contributed by atoms with Gasteiger partial charge < -0.3 is 4.42 Å². The highest BCUT2D eigenvalue weighted by molar-refractivity contribution is 6.24. The number of nitrogens with zero attached hydrogens (tertiary/aromatic N) is 2. The summed E-state index contributed by atoms with van der Waals surface area (Å²) in [4.78, 5) is 9.46. The van der Waals surface area contributed by atoms with Gasteiger partial charge in [-0.3, -0.25) is 9.97 Å². The van der Waals surface area contributed by atoms with Crippen LogP contribution in [0.15, 0.2) is 217 Å². The van der Waals surface area contributed by atoms with Crippen LogP contribution in [0.3, 0.4) is 0 Å². The molecule has 0 saturated heterocycles. The van der Waals surface area contributed by atoms with Crippen molar-refractivity contribution in [3.63, 3.8) is 0 Å². The van der Waals surface area contributed by atoms with E-state index >= 15 is 0 Å². The Balaban J connectivity index is 1.01. The summed E-state index contributed by atoms with van der Waals surface area (Å²) >= 11 is 0. The monoisotopic (exact) mass is 790 g/mol. The quantitative estimate of drug-likeness (QED) is 0.167. The molecule has 8 aromatic carbocycles. The first-order valence-electron chi connectivity index (χ1n) is 21.4. The molecule has 3 heteroatoms. The van der Waals surface area contributed by atoms with E-state index in [9.17, 15) is 0 Å². The number of aromatic nitrogens is 2. The lowest BCUT2D eigenvalue weighted by atomic mass is 9.57. The topological polar surface area (TPSA) is 38.9 Å². The second-order valence-electron chi connectivity index (χ2n) is 17.0. The third-order valence-corrected chi connectivity index (χ3v) is 13.8. The number of benzene rings is 8. The summed E-state index contributed by atoms with van der Waals surface area (Å²) in [5.74, 6) is 0.109. The minimum atomic E-state index is -0.359. The number of fused-ring (bicyclic) bond motifs is 9. The first-order chi connectivity index (χ1) is 30.6. The Bertz CT molecular complexity index is 3730. The molecular weight excluding hydrogens is 753 g/mol. The van der Waals surface area contributed by atoms with E-state index in [1.807, 2.05) is 24.5 Å². The molecule has 2 aliphatic carbocycles. The van der Waals surface area contributed by atoms with Crippen molar-refractivity contribution in [1.29, 1.82) is 0 Å². The average molecular weight is 791 g/mol. The third kappa shape index (κ3) is 5.00. The van der Waals surface area contributed by atoms with Gasteiger partial charge in [0.05, 0.1) is 11.0 Å². The average Bonchev–Trinajstić information content (AvgIpc) is 3.72. The zero-order valence-electron chi connectivity index (χ0n) is 34.0. The molecule has 3 nitrogen and oxygen atoms in total. The lowest BCUT2D eigenvalue weighted by Crippen LogP contribution is -2.38. The van der Waals surface area contributed by atoms with Crippen molar-refractivity contribution in [2.75, 3.05) is 0 Å². The molecule has 0 fully saturated rings. The van der Waals surface area contributed by atoms with E-state index in [2.05, 4.69) is 189 Å². The zero-order valence-corrected chi connectivity index (χ0v) is 34.0. The normalized spacial score (nSPS) is 17.1. The number of para-hydroxylation sites is 1. The lowest BCUT2D eigenvalue weighted by Gasteiger charge is -2.45. The molecular formula is C59H38N2O. The highest BCUT2D eigenvalue weighted by Gasteiger charge is 2.45. The number of allylic oxidation sites excluding steroid dienone is 5. The van der Waals surface area contributed by atoms with Gasteiger partial charge >= 0.3 is 0 Å². The Morgan fingerprint density at radius 2 is 1.13 bits per heavy atom. The van der Waals surface area contributed by atoms with Crippen LogP contribution in [-0.4, -0.2) is 9.97 Å². The SMILES string of the molecule is CC1(c2ccc3oc4c(-c5c6ccccc6c(-c6ccc7cccnc7c6)c6ccccc56)cccc4c3c2)c2ccccc2C(c2ccc3cccnc3c2)=C2C=CC=CC21. The van der Waals surface area contributed by atoms with Gasteiger partial charge in [0.25, 0.3) is 0 Å². The second kappa shape index (κ2) is 13.3. The van der Waals surface area contributed by atoms with E-state index in [0.29, 0.717) is 0 Å². The van der Waals surface area contributed by atoms with Crippen LogP contribution in [0.2, 0.25) is 0 Å². The van der Waals surface area contributed by atoms with Gasteiger partial charge in [0.1, 0.15) is 11.2 Å². The van der Waals surface area contributed by atoms with Crippen LogP contribution in [0.1, 0.15) is 29.2 Å². The molecule has 0 radical (unpaired) electrons. The third-order valence-electron chi connectivity index (χ3n) is 13.8. The fourth-order valence-electron chi connectivity index (χ4n) is 10.9. The molecule has 3 heterocycles. The van der Waals surface area contributed by atoms with Crippen molar-refractivity contribution >= 4 is 70.9 Å². The van der Waals surface area contributed by atoms with E-state index in [-0.39, 0.29) is 11.3 Å². The Morgan fingerprint density at radius 1 is 0.500 bits per heavy atom. The minimum Gasteiger partial charge on any atom is -0.455 e. The summed E-state index contributed by atoms with van der Waals surface area (Å²) in [5.41, 5.74) is 15.7. The van der Waals surface area contributed by atoms with Gasteiger partial charge in [-0.2, -0.15) is 0 Å². The molecule has 0 spiro atoms. The van der Waals surface area contributed by atoms with Crippen LogP contribution in [0, 0.1) is 5.92 Å². The molecule has 0 N–H and O–H groups in total. The zero-order chi connectivity index (χ0) is 40.9. The standard InChI is InChI=1S/C59H38N2O/c1-59(50-23-8-6-19-46(50)56(47-20-7-9-24-51(47)59)39-28-26-37-14-12-32-61-53(37)34-39)40-29-30-54-49(35-40)45-21-10-22-48(58(45)62-54)57-43-17-4-2-15-41(43)55(42-16-3-5-18-44(42)57)38-27-25-36-13-11-31-60-52(36)33-38/h2-35,50H,1H3. The summed E-state index contributed by atoms with van der Waals surface area (Å²) < 4.78 is 7.01. The number of rotatable bonds is 4. The van der Waals surface area contributed by atoms with Gasteiger partial charge in [-0.15, -0.1) is 0 Å². The van der Waals surface area contributed by atoms with Crippen molar-refractivity contribution in [3.05, 3.63) is 234 Å². The Hall–Kier alpha value is -7.88. The Labute approximate surface area is 358 Å². The van der Waals surface area contributed by atoms with Crippen LogP contribution < -0.4 is 0 Å². The van der Waals surface area contributed by atoms with E-state index < -0.39 is 0 Å². The maximum atomic E-state index is 7.01. The highest BCUT2D eigenvalue weighted by Crippen LogP contribution is 2.55. The van der Waals surface area contributed by atoms with Gasteiger partial charge in [-0.1, -0.05) is 165 Å².